The molecule has 17 atom stereocenters. The molecule has 3 aliphatic rings. The summed E-state index contributed by atoms with van der Waals surface area (Å²) in [6.07, 6.45) is 23.6. The van der Waals surface area contributed by atoms with Gasteiger partial charge in [0.25, 0.3) is 0 Å². The van der Waals surface area contributed by atoms with Gasteiger partial charge in [0.15, 0.2) is 18.9 Å². The summed E-state index contributed by atoms with van der Waals surface area (Å²) >= 11 is 0. The molecule has 79 heavy (non-hydrogen) atoms. The lowest BCUT2D eigenvalue weighted by atomic mass is 9.96. The second kappa shape index (κ2) is 43.0. The van der Waals surface area contributed by atoms with E-state index in [0.29, 0.717) is 19.3 Å². The highest BCUT2D eigenvalue weighted by molar-refractivity contribution is 5.76. The minimum Gasteiger partial charge on any atom is -0.394 e. The van der Waals surface area contributed by atoms with Crippen molar-refractivity contribution in [3.8, 4) is 0 Å². The van der Waals surface area contributed by atoms with E-state index >= 15 is 0 Å². The number of hydrogen-bond donors (Lipinski definition) is 12. The Labute approximate surface area is 470 Å². The summed E-state index contributed by atoms with van der Waals surface area (Å²) in [6, 6.07) is -0.889. The molecule has 3 rings (SSSR count). The van der Waals surface area contributed by atoms with Crippen LogP contribution in [0, 0.1) is 0 Å². The lowest BCUT2D eigenvalue weighted by Crippen LogP contribution is -2.66. The third-order valence-corrected chi connectivity index (χ3v) is 14.5. The maximum Gasteiger partial charge on any atom is 0.220 e. The second-order valence-corrected chi connectivity index (χ2v) is 21.1. The van der Waals surface area contributed by atoms with Gasteiger partial charge in [-0.1, -0.05) is 170 Å². The van der Waals surface area contributed by atoms with E-state index < -0.39 is 124 Å². The van der Waals surface area contributed by atoms with E-state index in [0.717, 1.165) is 96.3 Å². The average Bonchev–Trinajstić information content (AvgIpc) is 3.48. The van der Waals surface area contributed by atoms with Gasteiger partial charge in [-0.05, 0) is 64.2 Å². The third-order valence-electron chi connectivity index (χ3n) is 14.5. The minimum atomic E-state index is -1.97. The highest BCUT2D eigenvalue weighted by Gasteiger charge is 2.53. The fourth-order valence-electron chi connectivity index (χ4n) is 9.67. The molecule has 3 saturated heterocycles. The number of rotatable bonds is 42. The number of unbranched alkanes of at least 4 members (excludes halogenated alkanes) is 14. The van der Waals surface area contributed by atoms with Crippen LogP contribution in [0.3, 0.4) is 0 Å². The topological polar surface area (TPSA) is 307 Å². The fraction of sp³-hybridized carbons (Fsp3) is 0.783. The van der Waals surface area contributed by atoms with Gasteiger partial charge < -0.3 is 89.9 Å². The van der Waals surface area contributed by atoms with E-state index in [-0.39, 0.29) is 18.9 Å². The summed E-state index contributed by atoms with van der Waals surface area (Å²) in [5, 5.41) is 120. The van der Waals surface area contributed by atoms with Crippen LogP contribution in [0.2, 0.25) is 0 Å². The van der Waals surface area contributed by atoms with Crippen LogP contribution in [0.1, 0.15) is 168 Å². The number of amides is 1. The Balaban J connectivity index is 1.35. The highest BCUT2D eigenvalue weighted by atomic mass is 16.8. The molecule has 0 spiro atoms. The van der Waals surface area contributed by atoms with Crippen molar-refractivity contribution in [2.45, 2.75) is 272 Å². The zero-order chi connectivity index (χ0) is 57.6. The Morgan fingerprint density at radius 3 is 1.37 bits per heavy atom. The SMILES string of the molecule is CC/C=C\C/C=C\C/C=C\C/C=C\C/C=C\C/C=C\CCCCCCCCCCCCC(=O)NC(COC1OC(CO)C(OC2OC(CO)C(OC3OC(CO)C(O)C(O)C3O)C(O)C2O)C(O)C1O)C(O)CCCCCCC. The number of carbonyl (C=O) groups is 1. The molecule has 0 aliphatic carbocycles. The minimum absolute atomic E-state index is 0.255. The van der Waals surface area contributed by atoms with Crippen molar-refractivity contribution in [3.05, 3.63) is 72.9 Å². The normalized spacial score (nSPS) is 30.8. The van der Waals surface area contributed by atoms with Crippen molar-refractivity contribution in [3.63, 3.8) is 0 Å². The van der Waals surface area contributed by atoms with Crippen molar-refractivity contribution in [2.24, 2.45) is 0 Å². The van der Waals surface area contributed by atoms with E-state index in [2.05, 4.69) is 92.1 Å². The van der Waals surface area contributed by atoms with Crippen molar-refractivity contribution in [1.82, 2.24) is 5.32 Å². The quantitative estimate of drug-likeness (QED) is 0.0282. The van der Waals surface area contributed by atoms with Gasteiger partial charge in [-0.25, -0.2) is 0 Å². The van der Waals surface area contributed by atoms with E-state index in [1.165, 1.54) is 32.1 Å². The van der Waals surface area contributed by atoms with Crippen molar-refractivity contribution < 1.29 is 89.4 Å². The van der Waals surface area contributed by atoms with Crippen molar-refractivity contribution in [2.75, 3.05) is 26.4 Å². The Hall–Kier alpha value is -2.77. The maximum atomic E-state index is 13.2. The number of aliphatic hydroxyl groups excluding tert-OH is 11. The summed E-state index contributed by atoms with van der Waals surface area (Å²) in [5.74, 6) is -0.260. The van der Waals surface area contributed by atoms with Gasteiger partial charge in [0, 0.05) is 6.42 Å². The second-order valence-electron chi connectivity index (χ2n) is 21.1. The predicted molar refractivity (Wildman–Crippen MR) is 300 cm³/mol. The molecule has 12 N–H and O–H groups in total. The molecule has 17 unspecified atom stereocenters. The molecule has 0 aromatic rings. The molecular formula is C60H103NO18. The van der Waals surface area contributed by atoms with E-state index in [9.17, 15) is 61.0 Å². The smallest absolute Gasteiger partial charge is 0.220 e. The molecule has 19 nitrogen and oxygen atoms in total. The first-order valence-corrected chi connectivity index (χ1v) is 29.7. The van der Waals surface area contributed by atoms with Crippen LogP contribution in [0.5, 0.6) is 0 Å². The molecule has 3 heterocycles. The molecule has 0 aromatic heterocycles. The van der Waals surface area contributed by atoms with Gasteiger partial charge in [0.1, 0.15) is 73.2 Å². The molecule has 19 heteroatoms. The first-order chi connectivity index (χ1) is 38.3. The van der Waals surface area contributed by atoms with Crippen LogP contribution in [0.4, 0.5) is 0 Å². The summed E-state index contributed by atoms with van der Waals surface area (Å²) in [7, 11) is 0. The lowest BCUT2D eigenvalue weighted by molar-refractivity contribution is -0.379. The number of aliphatic hydroxyl groups is 11. The van der Waals surface area contributed by atoms with Gasteiger partial charge in [-0.15, -0.1) is 0 Å². The molecule has 1 amide bonds. The van der Waals surface area contributed by atoms with Gasteiger partial charge in [0.05, 0.1) is 38.6 Å². The average molecular weight is 1130 g/mol. The fourth-order valence-corrected chi connectivity index (χ4v) is 9.67. The Morgan fingerprint density at radius 1 is 0.468 bits per heavy atom. The van der Waals surface area contributed by atoms with Gasteiger partial charge in [-0.2, -0.15) is 0 Å². The number of hydrogen-bond acceptors (Lipinski definition) is 18. The standard InChI is InChI=1S/C60H103NO18/c1-3-5-7-9-10-11-12-13-14-15-16-17-18-19-20-21-22-23-24-25-26-27-28-29-30-31-32-34-36-38-48(66)61-43(44(65)37-35-33-8-6-4-2)42-74-58-54(72)51(69)56(46(40-63)76-58)79-60-55(73)52(70)57(47(41-64)77-60)78-59-53(71)50(68)49(67)45(39-62)75-59/h5,7,10-11,13-14,16-17,19-20,22-23,43-47,49-60,62-65,67-73H,3-4,6,8-9,12,15,18,21,24-42H2,1-2H3,(H,61,66)/b7-5-,11-10-,14-13-,17-16-,20-19-,23-22-. The number of allylic oxidation sites excluding steroid dienone is 12. The van der Waals surface area contributed by atoms with Crippen LogP contribution in [0.25, 0.3) is 0 Å². The van der Waals surface area contributed by atoms with E-state index in [1.54, 1.807) is 0 Å². The van der Waals surface area contributed by atoms with Gasteiger partial charge in [-0.3, -0.25) is 4.79 Å². The Kier molecular flexibility index (Phi) is 38.3. The Bertz CT molecular complexity index is 1730. The van der Waals surface area contributed by atoms with Gasteiger partial charge >= 0.3 is 0 Å². The first-order valence-electron chi connectivity index (χ1n) is 29.7. The summed E-state index contributed by atoms with van der Waals surface area (Å²) < 4.78 is 34.1. The van der Waals surface area contributed by atoms with E-state index in [1.807, 2.05) is 0 Å². The number of ether oxygens (including phenoxy) is 6. The van der Waals surface area contributed by atoms with Crippen LogP contribution < -0.4 is 5.32 Å². The molecule has 0 bridgehead atoms. The third kappa shape index (κ3) is 27.0. The van der Waals surface area contributed by atoms with Gasteiger partial charge in [0.2, 0.25) is 5.91 Å². The summed E-state index contributed by atoms with van der Waals surface area (Å²) in [5.41, 5.74) is 0. The molecular weight excluding hydrogens is 1020 g/mol. The maximum absolute atomic E-state index is 13.2. The van der Waals surface area contributed by atoms with Crippen LogP contribution >= 0.6 is 0 Å². The summed E-state index contributed by atoms with van der Waals surface area (Å²) in [6.45, 7) is 1.54. The molecule has 456 valence electrons. The van der Waals surface area contributed by atoms with Crippen LogP contribution in [0.15, 0.2) is 72.9 Å². The molecule has 0 saturated carbocycles. The largest absolute Gasteiger partial charge is 0.394 e. The van der Waals surface area contributed by atoms with Crippen molar-refractivity contribution in [1.29, 1.82) is 0 Å². The number of nitrogens with one attached hydrogen (secondary N) is 1. The van der Waals surface area contributed by atoms with Crippen LogP contribution in [-0.2, 0) is 33.2 Å². The Morgan fingerprint density at radius 2 is 0.873 bits per heavy atom. The molecule has 0 aromatic carbocycles. The zero-order valence-electron chi connectivity index (χ0n) is 47.3. The monoisotopic (exact) mass is 1130 g/mol. The molecule has 3 fully saturated rings. The molecule has 3 aliphatic heterocycles. The van der Waals surface area contributed by atoms with Crippen molar-refractivity contribution >= 4 is 5.91 Å². The molecule has 0 radical (unpaired) electrons. The number of carbonyl (C=O) groups excluding carboxylic acids is 1. The van der Waals surface area contributed by atoms with Crippen LogP contribution in [-0.4, -0.2) is 193 Å². The lowest BCUT2D eigenvalue weighted by Gasteiger charge is -2.48. The van der Waals surface area contributed by atoms with E-state index in [4.69, 9.17) is 28.4 Å². The summed E-state index contributed by atoms with van der Waals surface area (Å²) in [4.78, 5) is 13.2. The zero-order valence-corrected chi connectivity index (χ0v) is 47.3. The highest BCUT2D eigenvalue weighted by Crippen LogP contribution is 2.33. The first kappa shape index (κ1) is 70.5. The predicted octanol–water partition coefficient (Wildman–Crippen LogP) is 5.04.